The topological polar surface area (TPSA) is 67.8 Å². The smallest absolute Gasteiger partial charge is 0.250 e. The van der Waals surface area contributed by atoms with Crippen LogP contribution in [0.15, 0.2) is 18.2 Å². The fourth-order valence-corrected chi connectivity index (χ4v) is 1.33. The third-order valence-electron chi connectivity index (χ3n) is 2.22. The number of halogens is 1. The molecule has 0 aromatic heterocycles. The number of hydrogen-bond acceptors (Lipinski definition) is 4. The molecule has 108 valence electrons. The molecule has 2 N–H and O–H groups in total. The number of anilines is 1. The number of benzene rings is 1. The highest BCUT2D eigenvalue weighted by Crippen LogP contribution is 2.13. The molecule has 1 amide bonds. The molecule has 0 aliphatic rings. The van der Waals surface area contributed by atoms with Gasteiger partial charge in [-0.25, -0.2) is 4.39 Å². The van der Waals surface area contributed by atoms with E-state index < -0.39 is 5.82 Å². The van der Waals surface area contributed by atoms with E-state index in [1.807, 2.05) is 0 Å². The summed E-state index contributed by atoms with van der Waals surface area (Å²) in [7, 11) is 1.54. The summed E-state index contributed by atoms with van der Waals surface area (Å²) in [5, 5.41) is 11.0. The van der Waals surface area contributed by atoms with Gasteiger partial charge in [-0.3, -0.25) is 4.79 Å². The molecule has 0 fully saturated rings. The van der Waals surface area contributed by atoms with Crippen molar-refractivity contribution in [2.75, 3.05) is 38.9 Å². The minimum atomic E-state index is -0.566. The van der Waals surface area contributed by atoms with Crippen molar-refractivity contribution in [2.45, 2.75) is 0 Å². The van der Waals surface area contributed by atoms with Crippen molar-refractivity contribution in [3.8, 4) is 11.8 Å². The van der Waals surface area contributed by atoms with Gasteiger partial charge in [-0.1, -0.05) is 11.8 Å². The van der Waals surface area contributed by atoms with Gasteiger partial charge in [0, 0.05) is 12.8 Å². The van der Waals surface area contributed by atoms with E-state index in [0.717, 1.165) is 6.07 Å². The molecule has 0 unspecified atom stereocenters. The Balaban J connectivity index is 2.52. The largest absolute Gasteiger partial charge is 0.384 e. The van der Waals surface area contributed by atoms with Gasteiger partial charge in [-0.15, -0.1) is 0 Å². The van der Waals surface area contributed by atoms with Gasteiger partial charge >= 0.3 is 0 Å². The number of hydrogen-bond donors (Lipinski definition) is 2. The number of carbonyl (C=O) groups is 1. The number of nitrogens with one attached hydrogen (secondary N) is 1. The Labute approximate surface area is 116 Å². The molecule has 0 spiro atoms. The van der Waals surface area contributed by atoms with Crippen LogP contribution in [0.4, 0.5) is 10.1 Å². The van der Waals surface area contributed by atoms with Crippen LogP contribution in [0.2, 0.25) is 0 Å². The van der Waals surface area contributed by atoms with Crippen molar-refractivity contribution < 1.29 is 23.8 Å². The van der Waals surface area contributed by atoms with E-state index in [-0.39, 0.29) is 24.7 Å². The van der Waals surface area contributed by atoms with Crippen LogP contribution in [0.1, 0.15) is 5.56 Å². The van der Waals surface area contributed by atoms with Crippen LogP contribution in [-0.4, -0.2) is 44.6 Å². The van der Waals surface area contributed by atoms with Crippen molar-refractivity contribution in [3.63, 3.8) is 0 Å². The van der Waals surface area contributed by atoms with Gasteiger partial charge in [0.25, 0.3) is 0 Å². The van der Waals surface area contributed by atoms with Crippen LogP contribution < -0.4 is 5.32 Å². The molecule has 20 heavy (non-hydrogen) atoms. The summed E-state index contributed by atoms with van der Waals surface area (Å²) in [6.45, 7) is 0.252. The Morgan fingerprint density at radius 2 is 2.25 bits per heavy atom. The zero-order chi connectivity index (χ0) is 14.8. The van der Waals surface area contributed by atoms with E-state index in [9.17, 15) is 9.18 Å². The van der Waals surface area contributed by atoms with Gasteiger partial charge in [0.2, 0.25) is 5.91 Å². The lowest BCUT2D eigenvalue weighted by Crippen LogP contribution is -2.19. The zero-order valence-electron chi connectivity index (χ0n) is 11.1. The van der Waals surface area contributed by atoms with Crippen LogP contribution in [-0.2, 0) is 14.3 Å². The summed E-state index contributed by atoms with van der Waals surface area (Å²) in [6.07, 6.45) is 0. The second kappa shape index (κ2) is 9.04. The minimum absolute atomic E-state index is 0.128. The third kappa shape index (κ3) is 5.80. The van der Waals surface area contributed by atoms with Crippen molar-refractivity contribution in [2.24, 2.45) is 0 Å². The molecule has 5 nitrogen and oxygen atoms in total. The van der Waals surface area contributed by atoms with Gasteiger partial charge in [0.15, 0.2) is 0 Å². The second-order valence-corrected chi connectivity index (χ2v) is 3.75. The van der Waals surface area contributed by atoms with Crippen LogP contribution in [0, 0.1) is 17.7 Å². The molecular formula is C14H16FNO4. The molecular weight excluding hydrogens is 265 g/mol. The number of ether oxygens (including phenoxy) is 2. The molecule has 0 aliphatic carbocycles. The van der Waals surface area contributed by atoms with E-state index in [2.05, 4.69) is 17.2 Å². The standard InChI is InChI=1S/C14H16FNO4/c1-19-7-8-20-10-14(18)16-12-5-4-11(3-2-6-17)13(15)9-12/h4-5,9,17H,6-8,10H2,1H3,(H,16,18). The maximum absolute atomic E-state index is 13.6. The number of carbonyl (C=O) groups excluding carboxylic acids is 1. The molecule has 0 atom stereocenters. The number of aliphatic hydroxyl groups excluding tert-OH is 1. The summed E-state index contributed by atoms with van der Waals surface area (Å²) < 4.78 is 23.4. The molecule has 0 heterocycles. The summed E-state index contributed by atoms with van der Waals surface area (Å²) in [5.74, 6) is 3.87. The number of aliphatic hydroxyl groups is 1. The summed E-state index contributed by atoms with van der Waals surface area (Å²) >= 11 is 0. The highest BCUT2D eigenvalue weighted by molar-refractivity contribution is 5.91. The molecule has 0 aliphatic heterocycles. The molecule has 0 saturated carbocycles. The van der Waals surface area contributed by atoms with E-state index in [1.54, 1.807) is 0 Å². The van der Waals surface area contributed by atoms with Crippen LogP contribution >= 0.6 is 0 Å². The van der Waals surface area contributed by atoms with Gasteiger partial charge in [-0.2, -0.15) is 0 Å². The van der Waals surface area contributed by atoms with Crippen LogP contribution in [0.5, 0.6) is 0 Å². The average molecular weight is 281 g/mol. The summed E-state index contributed by atoms with van der Waals surface area (Å²) in [4.78, 5) is 11.5. The Bertz CT molecular complexity index is 508. The van der Waals surface area contributed by atoms with Crippen molar-refractivity contribution in [1.82, 2.24) is 0 Å². The molecule has 1 aromatic carbocycles. The molecule has 0 radical (unpaired) electrons. The summed E-state index contributed by atoms with van der Waals surface area (Å²) in [5.41, 5.74) is 0.478. The monoisotopic (exact) mass is 281 g/mol. The fraction of sp³-hybridized carbons (Fsp3) is 0.357. The van der Waals surface area contributed by atoms with Crippen molar-refractivity contribution in [1.29, 1.82) is 0 Å². The van der Waals surface area contributed by atoms with E-state index in [4.69, 9.17) is 14.6 Å². The first-order valence-corrected chi connectivity index (χ1v) is 5.93. The SMILES string of the molecule is COCCOCC(=O)Nc1ccc(C#CCO)c(F)c1. The van der Waals surface area contributed by atoms with Gasteiger partial charge < -0.3 is 19.9 Å². The predicted octanol–water partition coefficient (Wildman–Crippen LogP) is 0.771. The molecule has 1 rings (SSSR count). The number of methoxy groups -OCH3 is 1. The maximum atomic E-state index is 13.6. The lowest BCUT2D eigenvalue weighted by Gasteiger charge is -2.06. The lowest BCUT2D eigenvalue weighted by atomic mass is 10.2. The van der Waals surface area contributed by atoms with Gasteiger partial charge in [-0.05, 0) is 18.2 Å². The molecule has 6 heteroatoms. The van der Waals surface area contributed by atoms with E-state index >= 15 is 0 Å². The fourth-order valence-electron chi connectivity index (χ4n) is 1.33. The number of amides is 1. The van der Waals surface area contributed by atoms with Gasteiger partial charge in [0.05, 0.1) is 18.8 Å². The van der Waals surface area contributed by atoms with Crippen LogP contribution in [0.25, 0.3) is 0 Å². The normalized spacial score (nSPS) is 9.75. The Morgan fingerprint density at radius 3 is 2.90 bits per heavy atom. The Hall–Kier alpha value is -1.94. The lowest BCUT2D eigenvalue weighted by molar-refractivity contribution is -0.121. The van der Waals surface area contributed by atoms with Crippen molar-refractivity contribution >= 4 is 11.6 Å². The van der Waals surface area contributed by atoms with Crippen LogP contribution in [0.3, 0.4) is 0 Å². The third-order valence-corrected chi connectivity index (χ3v) is 2.22. The summed E-state index contributed by atoms with van der Waals surface area (Å²) in [6, 6.07) is 4.12. The quantitative estimate of drug-likeness (QED) is 0.597. The highest BCUT2D eigenvalue weighted by Gasteiger charge is 2.05. The zero-order valence-corrected chi connectivity index (χ0v) is 11.1. The molecule has 1 aromatic rings. The highest BCUT2D eigenvalue weighted by atomic mass is 19.1. The van der Waals surface area contributed by atoms with Crippen molar-refractivity contribution in [3.05, 3.63) is 29.6 Å². The number of rotatable bonds is 6. The van der Waals surface area contributed by atoms with Gasteiger partial charge in [0.1, 0.15) is 19.0 Å². The first kappa shape index (κ1) is 16.1. The first-order chi connectivity index (χ1) is 9.67. The predicted molar refractivity (Wildman–Crippen MR) is 71.7 cm³/mol. The van der Waals surface area contributed by atoms with E-state index in [1.165, 1.54) is 19.2 Å². The Kier molecular flexibility index (Phi) is 7.29. The van der Waals surface area contributed by atoms with E-state index in [0.29, 0.717) is 18.9 Å². The molecule has 0 saturated heterocycles. The minimum Gasteiger partial charge on any atom is -0.384 e. The Morgan fingerprint density at radius 1 is 1.45 bits per heavy atom. The molecule has 0 bridgehead atoms. The first-order valence-electron chi connectivity index (χ1n) is 5.93. The maximum Gasteiger partial charge on any atom is 0.250 e. The second-order valence-electron chi connectivity index (χ2n) is 3.75. The average Bonchev–Trinajstić information content (AvgIpc) is 2.43.